The van der Waals surface area contributed by atoms with Gasteiger partial charge in [0.05, 0.1) is 27.2 Å². The third-order valence-electron chi connectivity index (χ3n) is 5.52. The minimum absolute atomic E-state index is 0.195. The number of aryl methyl sites for hydroxylation is 3. The summed E-state index contributed by atoms with van der Waals surface area (Å²) in [5.41, 5.74) is 3.89. The van der Waals surface area contributed by atoms with E-state index in [9.17, 15) is 13.2 Å². The van der Waals surface area contributed by atoms with Gasteiger partial charge in [0.15, 0.2) is 0 Å². The molecular weight excluding hydrogens is 436 g/mol. The second-order valence-electron chi connectivity index (χ2n) is 7.98. The molecule has 7 nitrogen and oxygen atoms in total. The van der Waals surface area contributed by atoms with Gasteiger partial charge < -0.3 is 9.88 Å². The van der Waals surface area contributed by atoms with Gasteiger partial charge in [-0.15, -0.1) is 0 Å². The van der Waals surface area contributed by atoms with Crippen molar-refractivity contribution in [2.24, 2.45) is 0 Å². The molecule has 0 unspecified atom stereocenters. The molecular formula is C25H26N4O3S. The van der Waals surface area contributed by atoms with Crippen molar-refractivity contribution in [3.63, 3.8) is 0 Å². The average molecular weight is 463 g/mol. The van der Waals surface area contributed by atoms with E-state index in [4.69, 9.17) is 0 Å². The molecule has 0 spiro atoms. The zero-order valence-corrected chi connectivity index (χ0v) is 19.6. The number of anilines is 1. The van der Waals surface area contributed by atoms with E-state index < -0.39 is 10.0 Å². The number of hydrogen-bond acceptors (Lipinski definition) is 4. The fourth-order valence-corrected chi connectivity index (χ4v) is 5.23. The van der Waals surface area contributed by atoms with Crippen LogP contribution < -0.4 is 10.0 Å². The van der Waals surface area contributed by atoms with Crippen molar-refractivity contribution >= 4 is 32.7 Å². The first kappa shape index (κ1) is 22.5. The number of hydrogen-bond donors (Lipinski definition) is 2. The third kappa shape index (κ3) is 4.75. The first-order valence-electron chi connectivity index (χ1n) is 10.7. The Morgan fingerprint density at radius 2 is 1.70 bits per heavy atom. The summed E-state index contributed by atoms with van der Waals surface area (Å²) < 4.78 is 30.7. The molecule has 1 heterocycles. The number of aromatic nitrogens is 2. The summed E-state index contributed by atoms with van der Waals surface area (Å²) in [6, 6.07) is 19.7. The van der Waals surface area contributed by atoms with Gasteiger partial charge in [-0.05, 0) is 62.2 Å². The lowest BCUT2D eigenvalue weighted by atomic mass is 10.1. The molecule has 0 fully saturated rings. The predicted octanol–water partition coefficient (Wildman–Crippen LogP) is 4.19. The highest BCUT2D eigenvalue weighted by molar-refractivity contribution is 7.92. The highest BCUT2D eigenvalue weighted by Gasteiger charge is 2.20. The fourth-order valence-electron chi connectivity index (χ4n) is 3.82. The Morgan fingerprint density at radius 1 is 0.970 bits per heavy atom. The fraction of sp³-hybridized carbons (Fsp3) is 0.200. The van der Waals surface area contributed by atoms with Crippen molar-refractivity contribution in [3.05, 3.63) is 89.2 Å². The van der Waals surface area contributed by atoms with E-state index in [0.717, 1.165) is 22.4 Å². The van der Waals surface area contributed by atoms with Gasteiger partial charge in [0.1, 0.15) is 5.82 Å². The molecule has 0 bridgehead atoms. The Morgan fingerprint density at radius 3 is 2.52 bits per heavy atom. The smallest absolute Gasteiger partial charge is 0.262 e. The standard InChI is InChI=1S/C25H26N4O3S/c1-17-12-13-18(2)24(16-17)33(31,32)28-21-9-5-4-8-20(21)25(30)26-14-15-29-19(3)27-22-10-6-7-11-23(22)29/h4-13,16,28H,14-15H2,1-3H3,(H,26,30). The molecule has 0 aliphatic rings. The number of sulfonamides is 1. The number of carbonyl (C=O) groups is 1. The van der Waals surface area contributed by atoms with Crippen molar-refractivity contribution < 1.29 is 13.2 Å². The highest BCUT2D eigenvalue weighted by atomic mass is 32.2. The second-order valence-corrected chi connectivity index (χ2v) is 9.63. The number of amides is 1. The number of nitrogens with zero attached hydrogens (tertiary/aromatic N) is 2. The van der Waals surface area contributed by atoms with Crippen molar-refractivity contribution in [3.8, 4) is 0 Å². The van der Waals surface area contributed by atoms with E-state index >= 15 is 0 Å². The minimum atomic E-state index is -3.85. The van der Waals surface area contributed by atoms with E-state index in [0.29, 0.717) is 18.7 Å². The maximum absolute atomic E-state index is 13.0. The lowest BCUT2D eigenvalue weighted by Gasteiger charge is -2.15. The van der Waals surface area contributed by atoms with Crippen LogP contribution in [0.15, 0.2) is 71.6 Å². The van der Waals surface area contributed by atoms with Crippen molar-refractivity contribution in [1.82, 2.24) is 14.9 Å². The lowest BCUT2D eigenvalue weighted by Crippen LogP contribution is -2.28. The van der Waals surface area contributed by atoms with Crippen LogP contribution in [0, 0.1) is 20.8 Å². The van der Waals surface area contributed by atoms with Crippen LogP contribution >= 0.6 is 0 Å². The van der Waals surface area contributed by atoms with Gasteiger partial charge in [-0.3, -0.25) is 9.52 Å². The Hall–Kier alpha value is -3.65. The van der Waals surface area contributed by atoms with Gasteiger partial charge in [-0.25, -0.2) is 13.4 Å². The zero-order valence-electron chi connectivity index (χ0n) is 18.8. The molecule has 3 aromatic carbocycles. The number of imidazole rings is 1. The molecule has 1 amide bonds. The molecule has 0 saturated heterocycles. The predicted molar refractivity (Wildman–Crippen MR) is 130 cm³/mol. The summed E-state index contributed by atoms with van der Waals surface area (Å²) in [5, 5.41) is 2.89. The molecule has 2 N–H and O–H groups in total. The summed E-state index contributed by atoms with van der Waals surface area (Å²) in [5.74, 6) is 0.517. The highest BCUT2D eigenvalue weighted by Crippen LogP contribution is 2.23. The second kappa shape index (κ2) is 9.07. The molecule has 1 aromatic heterocycles. The SMILES string of the molecule is Cc1ccc(C)c(S(=O)(=O)Nc2ccccc2C(=O)NCCn2c(C)nc3ccccc32)c1. The topological polar surface area (TPSA) is 93.1 Å². The van der Waals surface area contributed by atoms with E-state index in [2.05, 4.69) is 15.0 Å². The van der Waals surface area contributed by atoms with E-state index in [1.807, 2.05) is 48.7 Å². The van der Waals surface area contributed by atoms with E-state index in [1.165, 1.54) is 0 Å². The maximum atomic E-state index is 13.0. The van der Waals surface area contributed by atoms with Gasteiger partial charge in [0.2, 0.25) is 0 Å². The van der Waals surface area contributed by atoms with Crippen LogP contribution in [-0.2, 0) is 16.6 Å². The zero-order chi connectivity index (χ0) is 23.6. The number of rotatable bonds is 7. The Kier molecular flexibility index (Phi) is 6.20. The van der Waals surface area contributed by atoms with Crippen LogP contribution in [0.2, 0.25) is 0 Å². The minimum Gasteiger partial charge on any atom is -0.350 e. The van der Waals surface area contributed by atoms with Crippen LogP contribution in [0.4, 0.5) is 5.69 Å². The van der Waals surface area contributed by atoms with E-state index in [1.54, 1.807) is 43.3 Å². The summed E-state index contributed by atoms with van der Waals surface area (Å²) in [6.45, 7) is 6.44. The normalized spacial score (nSPS) is 11.5. The first-order chi connectivity index (χ1) is 15.8. The number of para-hydroxylation sites is 3. The summed E-state index contributed by atoms with van der Waals surface area (Å²) in [6.07, 6.45) is 0. The molecule has 33 heavy (non-hydrogen) atoms. The largest absolute Gasteiger partial charge is 0.350 e. The van der Waals surface area contributed by atoms with Gasteiger partial charge >= 0.3 is 0 Å². The number of nitrogens with one attached hydrogen (secondary N) is 2. The quantitative estimate of drug-likeness (QED) is 0.431. The molecule has 0 radical (unpaired) electrons. The van der Waals surface area contributed by atoms with Crippen LogP contribution in [0.1, 0.15) is 27.3 Å². The molecule has 4 rings (SSSR count). The molecule has 8 heteroatoms. The van der Waals surface area contributed by atoms with Crippen LogP contribution in [0.25, 0.3) is 11.0 Å². The lowest BCUT2D eigenvalue weighted by molar-refractivity contribution is 0.0953. The molecule has 0 saturated carbocycles. The molecule has 0 aliphatic heterocycles. The molecule has 170 valence electrons. The Labute approximate surface area is 193 Å². The van der Waals surface area contributed by atoms with Crippen LogP contribution in [0.3, 0.4) is 0 Å². The van der Waals surface area contributed by atoms with Gasteiger partial charge in [0, 0.05) is 13.1 Å². The van der Waals surface area contributed by atoms with Crippen molar-refractivity contribution in [1.29, 1.82) is 0 Å². The van der Waals surface area contributed by atoms with Crippen molar-refractivity contribution in [2.45, 2.75) is 32.2 Å². The Bertz CT molecular complexity index is 1440. The molecule has 0 atom stereocenters. The average Bonchev–Trinajstić information content (AvgIpc) is 3.10. The number of carbonyl (C=O) groups excluding carboxylic acids is 1. The van der Waals surface area contributed by atoms with Crippen molar-refractivity contribution in [2.75, 3.05) is 11.3 Å². The van der Waals surface area contributed by atoms with Crippen LogP contribution in [0.5, 0.6) is 0 Å². The van der Waals surface area contributed by atoms with Gasteiger partial charge in [-0.2, -0.15) is 0 Å². The Balaban J connectivity index is 1.50. The monoisotopic (exact) mass is 462 g/mol. The van der Waals surface area contributed by atoms with Gasteiger partial charge in [-0.1, -0.05) is 36.4 Å². The summed E-state index contributed by atoms with van der Waals surface area (Å²) in [7, 11) is -3.85. The summed E-state index contributed by atoms with van der Waals surface area (Å²) >= 11 is 0. The van der Waals surface area contributed by atoms with Crippen LogP contribution in [-0.4, -0.2) is 30.4 Å². The first-order valence-corrected chi connectivity index (χ1v) is 12.1. The third-order valence-corrected chi connectivity index (χ3v) is 7.02. The summed E-state index contributed by atoms with van der Waals surface area (Å²) in [4.78, 5) is 17.6. The molecule has 4 aromatic rings. The number of benzene rings is 3. The maximum Gasteiger partial charge on any atom is 0.262 e. The van der Waals surface area contributed by atoms with E-state index in [-0.39, 0.29) is 22.1 Å². The number of fused-ring (bicyclic) bond motifs is 1. The molecule has 0 aliphatic carbocycles. The van der Waals surface area contributed by atoms with Gasteiger partial charge in [0.25, 0.3) is 15.9 Å².